The van der Waals surface area contributed by atoms with Gasteiger partial charge in [0.15, 0.2) is 0 Å². The molecule has 0 bridgehead atoms. The molecular weight excluding hydrogens is 318 g/mol. The third-order valence-corrected chi connectivity index (χ3v) is 3.49. The predicted octanol–water partition coefficient (Wildman–Crippen LogP) is 2.91. The molecule has 2 N–H and O–H groups in total. The highest BCUT2D eigenvalue weighted by Gasteiger charge is 2.19. The van der Waals surface area contributed by atoms with Gasteiger partial charge in [-0.05, 0) is 36.3 Å². The Bertz CT molecular complexity index is 740. The molecule has 0 aliphatic heterocycles. The molecule has 0 radical (unpaired) electrons. The molecule has 0 heterocycles. The first-order valence-electron chi connectivity index (χ1n) is 8.06. The normalized spacial score (nSPS) is 11.9. The Hall–Kier alpha value is -3.08. The zero-order valence-corrected chi connectivity index (χ0v) is 14.0. The minimum Gasteiger partial charge on any atom is -0.494 e. The average molecular weight is 339 g/mol. The highest BCUT2D eigenvalue weighted by Crippen LogP contribution is 2.14. The van der Waals surface area contributed by atoms with Crippen LogP contribution in [0.1, 0.15) is 18.1 Å². The first-order valence-corrected chi connectivity index (χ1v) is 8.06. The van der Waals surface area contributed by atoms with Crippen LogP contribution in [0.25, 0.3) is 6.08 Å². The molecule has 2 aromatic carbocycles. The van der Waals surface area contributed by atoms with Gasteiger partial charge in [-0.2, -0.15) is 0 Å². The molecule has 25 heavy (non-hydrogen) atoms. The first kappa shape index (κ1) is 18.3. The van der Waals surface area contributed by atoms with Gasteiger partial charge in [0.1, 0.15) is 11.8 Å². The fraction of sp³-hybridized carbons (Fsp3) is 0.200. The lowest BCUT2D eigenvalue weighted by atomic mass is 10.1. The summed E-state index contributed by atoms with van der Waals surface area (Å²) in [5.74, 6) is -0.799. The van der Waals surface area contributed by atoms with E-state index >= 15 is 0 Å². The number of benzene rings is 2. The van der Waals surface area contributed by atoms with Gasteiger partial charge in [0.25, 0.3) is 0 Å². The summed E-state index contributed by atoms with van der Waals surface area (Å²) in [5.41, 5.74) is 1.65. The van der Waals surface area contributed by atoms with Gasteiger partial charge in [0.05, 0.1) is 6.61 Å². The molecule has 1 atom stereocenters. The second-order valence-corrected chi connectivity index (χ2v) is 5.43. The number of carboxylic acid groups (broad SMARTS) is 1. The number of ether oxygens (including phenoxy) is 1. The smallest absolute Gasteiger partial charge is 0.326 e. The van der Waals surface area contributed by atoms with Gasteiger partial charge in [-0.15, -0.1) is 0 Å². The minimum absolute atomic E-state index is 0.232. The maximum atomic E-state index is 12.0. The van der Waals surface area contributed by atoms with Crippen molar-refractivity contribution in [2.45, 2.75) is 19.4 Å². The van der Waals surface area contributed by atoms with Gasteiger partial charge in [-0.25, -0.2) is 4.79 Å². The third kappa shape index (κ3) is 6.14. The summed E-state index contributed by atoms with van der Waals surface area (Å²) in [6, 6.07) is 15.5. The summed E-state index contributed by atoms with van der Waals surface area (Å²) >= 11 is 0. The Kier molecular flexibility index (Phi) is 6.77. The van der Waals surface area contributed by atoms with Crippen molar-refractivity contribution >= 4 is 18.0 Å². The predicted molar refractivity (Wildman–Crippen MR) is 96.4 cm³/mol. The lowest BCUT2D eigenvalue weighted by Crippen LogP contribution is -2.41. The molecule has 5 heteroatoms. The zero-order chi connectivity index (χ0) is 18.1. The van der Waals surface area contributed by atoms with Crippen molar-refractivity contribution in [2.75, 3.05) is 6.61 Å². The summed E-state index contributed by atoms with van der Waals surface area (Å²) in [7, 11) is 0. The molecule has 5 nitrogen and oxygen atoms in total. The Morgan fingerprint density at radius 2 is 1.92 bits per heavy atom. The zero-order valence-electron chi connectivity index (χ0n) is 14.0. The second-order valence-electron chi connectivity index (χ2n) is 5.43. The summed E-state index contributed by atoms with van der Waals surface area (Å²) in [6.07, 6.45) is 3.18. The van der Waals surface area contributed by atoms with E-state index in [4.69, 9.17) is 4.74 Å². The minimum atomic E-state index is -1.07. The average Bonchev–Trinajstić information content (AvgIpc) is 2.61. The molecule has 0 spiro atoms. The van der Waals surface area contributed by atoms with Crippen LogP contribution in [-0.4, -0.2) is 29.6 Å². The number of rotatable bonds is 8. The molecule has 2 aromatic rings. The lowest BCUT2D eigenvalue weighted by Gasteiger charge is -2.13. The summed E-state index contributed by atoms with van der Waals surface area (Å²) in [6.45, 7) is 2.46. The standard InChI is InChI=1S/C20H21NO4/c1-2-25-17-10-6-9-16(13-17)11-12-19(22)21-18(20(23)24)14-15-7-4-3-5-8-15/h3-13,18H,2,14H2,1H3,(H,21,22)(H,23,24)/b12-11+/t18-/m1/s1. The molecule has 0 fully saturated rings. The van der Waals surface area contributed by atoms with Crippen LogP contribution in [0.2, 0.25) is 0 Å². The van der Waals surface area contributed by atoms with Crippen molar-refractivity contribution in [2.24, 2.45) is 0 Å². The Morgan fingerprint density at radius 3 is 2.60 bits per heavy atom. The van der Waals surface area contributed by atoms with Crippen LogP contribution in [0, 0.1) is 0 Å². The molecular formula is C20H21NO4. The molecule has 130 valence electrons. The van der Waals surface area contributed by atoms with Gasteiger partial charge in [-0.3, -0.25) is 4.79 Å². The number of aliphatic carboxylic acids is 1. The topological polar surface area (TPSA) is 75.6 Å². The van der Waals surface area contributed by atoms with Gasteiger partial charge in [-0.1, -0.05) is 42.5 Å². The third-order valence-electron chi connectivity index (χ3n) is 3.49. The number of carbonyl (C=O) groups is 2. The van der Waals surface area contributed by atoms with E-state index in [0.717, 1.165) is 16.9 Å². The van der Waals surface area contributed by atoms with Crippen LogP contribution >= 0.6 is 0 Å². The highest BCUT2D eigenvalue weighted by molar-refractivity contribution is 5.94. The van der Waals surface area contributed by atoms with E-state index in [0.29, 0.717) is 6.61 Å². The van der Waals surface area contributed by atoms with Crippen molar-refractivity contribution in [1.82, 2.24) is 5.32 Å². The van der Waals surface area contributed by atoms with Crippen molar-refractivity contribution in [3.63, 3.8) is 0 Å². The maximum absolute atomic E-state index is 12.0. The number of carboxylic acids is 1. The Morgan fingerprint density at radius 1 is 1.16 bits per heavy atom. The first-order chi connectivity index (χ1) is 12.1. The van der Waals surface area contributed by atoms with Crippen molar-refractivity contribution in [1.29, 1.82) is 0 Å². The molecule has 1 amide bonds. The molecule has 0 aliphatic carbocycles. The van der Waals surface area contributed by atoms with Crippen LogP contribution < -0.4 is 10.1 Å². The Balaban J connectivity index is 1.99. The second kappa shape index (κ2) is 9.27. The quantitative estimate of drug-likeness (QED) is 0.725. The van der Waals surface area contributed by atoms with E-state index < -0.39 is 17.9 Å². The maximum Gasteiger partial charge on any atom is 0.326 e. The molecule has 0 aliphatic rings. The molecule has 0 saturated heterocycles. The fourth-order valence-electron chi connectivity index (χ4n) is 2.32. The number of hydrogen-bond acceptors (Lipinski definition) is 3. The van der Waals surface area contributed by atoms with Crippen molar-refractivity contribution < 1.29 is 19.4 Å². The monoisotopic (exact) mass is 339 g/mol. The molecule has 0 saturated carbocycles. The fourth-order valence-corrected chi connectivity index (χ4v) is 2.32. The number of hydrogen-bond donors (Lipinski definition) is 2. The van der Waals surface area contributed by atoms with Crippen molar-refractivity contribution in [3.8, 4) is 5.75 Å². The molecule has 0 unspecified atom stereocenters. The van der Waals surface area contributed by atoms with E-state index in [9.17, 15) is 14.7 Å². The van der Waals surface area contributed by atoms with Gasteiger partial charge in [0, 0.05) is 12.5 Å². The van der Waals surface area contributed by atoms with Crippen LogP contribution in [-0.2, 0) is 16.0 Å². The lowest BCUT2D eigenvalue weighted by molar-refractivity contribution is -0.141. The van der Waals surface area contributed by atoms with Crippen LogP contribution in [0.3, 0.4) is 0 Å². The highest BCUT2D eigenvalue weighted by atomic mass is 16.5. The summed E-state index contributed by atoms with van der Waals surface area (Å²) in [5, 5.41) is 11.8. The largest absolute Gasteiger partial charge is 0.494 e. The summed E-state index contributed by atoms with van der Waals surface area (Å²) in [4.78, 5) is 23.4. The van der Waals surface area contributed by atoms with Gasteiger partial charge >= 0.3 is 5.97 Å². The Labute approximate surface area is 146 Å². The molecule has 0 aromatic heterocycles. The molecule has 2 rings (SSSR count). The van der Waals surface area contributed by atoms with Crippen LogP contribution in [0.4, 0.5) is 0 Å². The van der Waals surface area contributed by atoms with E-state index in [2.05, 4.69) is 5.32 Å². The van der Waals surface area contributed by atoms with E-state index in [-0.39, 0.29) is 6.42 Å². The van der Waals surface area contributed by atoms with E-state index in [1.807, 2.05) is 61.5 Å². The number of nitrogens with one attached hydrogen (secondary N) is 1. The summed E-state index contributed by atoms with van der Waals surface area (Å²) < 4.78 is 5.40. The number of carbonyl (C=O) groups excluding carboxylic acids is 1. The van der Waals surface area contributed by atoms with Crippen LogP contribution in [0.5, 0.6) is 5.75 Å². The number of amides is 1. The van der Waals surface area contributed by atoms with Crippen LogP contribution in [0.15, 0.2) is 60.7 Å². The van der Waals surface area contributed by atoms with Gasteiger partial charge in [0.2, 0.25) is 5.91 Å². The van der Waals surface area contributed by atoms with Gasteiger partial charge < -0.3 is 15.2 Å². The van der Waals surface area contributed by atoms with E-state index in [1.54, 1.807) is 6.08 Å². The van der Waals surface area contributed by atoms with E-state index in [1.165, 1.54) is 6.08 Å². The van der Waals surface area contributed by atoms with Crippen molar-refractivity contribution in [3.05, 3.63) is 71.8 Å². The SMILES string of the molecule is CCOc1cccc(/C=C/C(=O)N[C@H](Cc2ccccc2)C(=O)O)c1.